The van der Waals surface area contributed by atoms with Crippen LogP contribution in [0.1, 0.15) is 30.1 Å². The number of rotatable bonds is 3. The first-order valence-corrected chi connectivity index (χ1v) is 6.85. The Kier molecular flexibility index (Phi) is 3.90. The van der Waals surface area contributed by atoms with Gasteiger partial charge in [0.05, 0.1) is 16.1 Å². The fourth-order valence-electron chi connectivity index (χ4n) is 2.52. The second-order valence-electron chi connectivity index (χ2n) is 5.15. The molecule has 1 atom stereocenters. The van der Waals surface area contributed by atoms with Gasteiger partial charge < -0.3 is 15.7 Å². The Morgan fingerprint density at radius 3 is 2.70 bits per heavy atom. The monoisotopic (exact) mass is 296 g/mol. The van der Waals surface area contributed by atoms with E-state index in [1.807, 2.05) is 6.92 Å². The molecule has 1 heterocycles. The van der Waals surface area contributed by atoms with Gasteiger partial charge in [0.15, 0.2) is 0 Å². The lowest BCUT2D eigenvalue weighted by molar-refractivity contribution is -0.148. The highest BCUT2D eigenvalue weighted by molar-refractivity contribution is 6.33. The van der Waals surface area contributed by atoms with Crippen molar-refractivity contribution in [1.82, 2.24) is 4.90 Å². The largest absolute Gasteiger partial charge is 0.481 e. The molecule has 0 aromatic heterocycles. The highest BCUT2D eigenvalue weighted by atomic mass is 35.5. The summed E-state index contributed by atoms with van der Waals surface area (Å²) in [5, 5.41) is 9.74. The summed E-state index contributed by atoms with van der Waals surface area (Å²) >= 11 is 5.83. The third-order valence-corrected chi connectivity index (χ3v) is 4.36. The fraction of sp³-hybridized carbons (Fsp3) is 0.429. The minimum Gasteiger partial charge on any atom is -0.481 e. The van der Waals surface area contributed by atoms with E-state index < -0.39 is 11.4 Å². The van der Waals surface area contributed by atoms with Crippen LogP contribution in [0.4, 0.5) is 5.69 Å². The van der Waals surface area contributed by atoms with Crippen LogP contribution in [0.2, 0.25) is 5.02 Å². The number of carbonyl (C=O) groups is 2. The Hall–Kier alpha value is -1.75. The van der Waals surface area contributed by atoms with E-state index in [1.165, 1.54) is 6.07 Å². The Morgan fingerprint density at radius 1 is 1.50 bits per heavy atom. The van der Waals surface area contributed by atoms with Crippen molar-refractivity contribution in [2.75, 3.05) is 18.8 Å². The molecular formula is C14H17ClN2O3. The molecule has 0 saturated carbocycles. The van der Waals surface area contributed by atoms with E-state index in [2.05, 4.69) is 0 Å². The number of nitrogens with zero attached hydrogens (tertiary/aromatic N) is 1. The normalized spacial score (nSPS) is 22.0. The first-order valence-electron chi connectivity index (χ1n) is 6.47. The number of carbonyl (C=O) groups excluding carboxylic acids is 1. The molecule has 1 aliphatic rings. The molecule has 1 aromatic carbocycles. The molecule has 0 bridgehead atoms. The number of hydrogen-bond acceptors (Lipinski definition) is 3. The van der Waals surface area contributed by atoms with Crippen LogP contribution < -0.4 is 5.73 Å². The number of hydrogen-bond donors (Lipinski definition) is 2. The average molecular weight is 297 g/mol. The molecule has 3 N–H and O–H groups in total. The molecule has 1 aliphatic heterocycles. The maximum absolute atomic E-state index is 12.4. The lowest BCUT2D eigenvalue weighted by atomic mass is 9.84. The predicted molar refractivity (Wildman–Crippen MR) is 76.7 cm³/mol. The number of nitrogens with two attached hydrogens (primary N) is 1. The number of halogens is 1. The molecule has 0 radical (unpaired) electrons. The van der Waals surface area contributed by atoms with Crippen molar-refractivity contribution in [3.05, 3.63) is 28.8 Å². The predicted octanol–water partition coefficient (Wildman–Crippen LogP) is 2.25. The summed E-state index contributed by atoms with van der Waals surface area (Å²) in [6, 6.07) is 4.70. The van der Waals surface area contributed by atoms with Crippen molar-refractivity contribution in [3.63, 3.8) is 0 Å². The van der Waals surface area contributed by atoms with Crippen LogP contribution in [0.25, 0.3) is 0 Å². The van der Waals surface area contributed by atoms with Crippen molar-refractivity contribution in [3.8, 4) is 0 Å². The zero-order valence-electron chi connectivity index (χ0n) is 11.2. The van der Waals surface area contributed by atoms with Crippen LogP contribution >= 0.6 is 11.6 Å². The summed E-state index contributed by atoms with van der Waals surface area (Å²) in [7, 11) is 0. The van der Waals surface area contributed by atoms with Gasteiger partial charge in [0.1, 0.15) is 0 Å². The van der Waals surface area contributed by atoms with Gasteiger partial charge in [-0.05, 0) is 31.0 Å². The zero-order chi connectivity index (χ0) is 14.9. The van der Waals surface area contributed by atoms with Gasteiger partial charge in [0, 0.05) is 18.7 Å². The first-order chi connectivity index (χ1) is 9.39. The third-order valence-electron chi connectivity index (χ3n) is 4.01. The van der Waals surface area contributed by atoms with Gasteiger partial charge in [-0.15, -0.1) is 0 Å². The average Bonchev–Trinajstić information content (AvgIpc) is 2.87. The Morgan fingerprint density at radius 2 is 2.20 bits per heavy atom. The van der Waals surface area contributed by atoms with E-state index >= 15 is 0 Å². The van der Waals surface area contributed by atoms with Crippen molar-refractivity contribution in [1.29, 1.82) is 0 Å². The number of aliphatic carboxylic acids is 1. The SMILES string of the molecule is CCC1(C(=O)O)CCN(C(=O)c2ccc(Cl)c(N)c2)C1. The number of carboxylic acids is 1. The second-order valence-corrected chi connectivity index (χ2v) is 5.56. The smallest absolute Gasteiger partial charge is 0.311 e. The van der Waals surface area contributed by atoms with E-state index in [4.69, 9.17) is 17.3 Å². The highest BCUT2D eigenvalue weighted by Gasteiger charge is 2.44. The van der Waals surface area contributed by atoms with Gasteiger partial charge >= 0.3 is 5.97 Å². The molecule has 1 fully saturated rings. The molecule has 108 valence electrons. The lowest BCUT2D eigenvalue weighted by Crippen LogP contribution is -2.36. The molecule has 1 saturated heterocycles. The quantitative estimate of drug-likeness (QED) is 0.838. The number of amides is 1. The molecule has 0 spiro atoms. The van der Waals surface area contributed by atoms with Gasteiger partial charge in [0.2, 0.25) is 0 Å². The van der Waals surface area contributed by atoms with Gasteiger partial charge in [-0.1, -0.05) is 18.5 Å². The lowest BCUT2D eigenvalue weighted by Gasteiger charge is -2.23. The van der Waals surface area contributed by atoms with Crippen molar-refractivity contribution >= 4 is 29.2 Å². The van der Waals surface area contributed by atoms with Gasteiger partial charge in [0.25, 0.3) is 5.91 Å². The van der Waals surface area contributed by atoms with E-state index in [0.29, 0.717) is 35.7 Å². The molecule has 2 rings (SSSR count). The fourth-order valence-corrected chi connectivity index (χ4v) is 2.64. The number of benzene rings is 1. The number of anilines is 1. The minimum absolute atomic E-state index is 0.204. The second kappa shape index (κ2) is 5.32. The summed E-state index contributed by atoms with van der Waals surface area (Å²) in [4.78, 5) is 25.3. The first kappa shape index (κ1) is 14.7. The van der Waals surface area contributed by atoms with Crippen LogP contribution in [-0.4, -0.2) is 35.0 Å². The highest BCUT2D eigenvalue weighted by Crippen LogP contribution is 2.35. The number of nitrogen functional groups attached to an aromatic ring is 1. The zero-order valence-corrected chi connectivity index (χ0v) is 12.0. The molecule has 0 aliphatic carbocycles. The molecule has 1 aromatic rings. The summed E-state index contributed by atoms with van der Waals surface area (Å²) in [6.07, 6.45) is 0.989. The summed E-state index contributed by atoms with van der Waals surface area (Å²) in [6.45, 7) is 2.52. The number of carboxylic acid groups (broad SMARTS) is 1. The summed E-state index contributed by atoms with van der Waals surface area (Å²) in [5.41, 5.74) is 5.64. The van der Waals surface area contributed by atoms with Crippen LogP contribution in [-0.2, 0) is 4.79 Å². The van der Waals surface area contributed by atoms with E-state index in [0.717, 1.165) is 0 Å². The molecule has 5 nitrogen and oxygen atoms in total. The van der Waals surface area contributed by atoms with Crippen LogP contribution in [0.15, 0.2) is 18.2 Å². The minimum atomic E-state index is -0.842. The van der Waals surface area contributed by atoms with Crippen LogP contribution in [0.5, 0.6) is 0 Å². The van der Waals surface area contributed by atoms with Gasteiger partial charge in [-0.2, -0.15) is 0 Å². The maximum Gasteiger partial charge on any atom is 0.311 e. The summed E-state index contributed by atoms with van der Waals surface area (Å²) in [5.74, 6) is -1.05. The van der Waals surface area contributed by atoms with Crippen LogP contribution in [0, 0.1) is 5.41 Å². The van der Waals surface area contributed by atoms with Gasteiger partial charge in [-0.25, -0.2) is 0 Å². The van der Waals surface area contributed by atoms with Gasteiger partial charge in [-0.3, -0.25) is 9.59 Å². The third kappa shape index (κ3) is 2.45. The molecule has 20 heavy (non-hydrogen) atoms. The Bertz CT molecular complexity index is 561. The molecule has 1 amide bonds. The van der Waals surface area contributed by atoms with Crippen molar-refractivity contribution in [2.45, 2.75) is 19.8 Å². The Labute approximate surface area is 122 Å². The summed E-state index contributed by atoms with van der Waals surface area (Å²) < 4.78 is 0. The Balaban J connectivity index is 2.19. The maximum atomic E-state index is 12.4. The number of likely N-dealkylation sites (tertiary alicyclic amines) is 1. The van der Waals surface area contributed by atoms with E-state index in [1.54, 1.807) is 17.0 Å². The molecule has 6 heteroatoms. The standard InChI is InChI=1S/C14H17ClN2O3/c1-2-14(13(19)20)5-6-17(8-14)12(18)9-3-4-10(15)11(16)7-9/h3-4,7H,2,5-6,8,16H2,1H3,(H,19,20). The topological polar surface area (TPSA) is 83.6 Å². The van der Waals surface area contributed by atoms with Crippen molar-refractivity contribution < 1.29 is 14.7 Å². The van der Waals surface area contributed by atoms with Crippen LogP contribution in [0.3, 0.4) is 0 Å². The molecule has 1 unspecified atom stereocenters. The molecular weight excluding hydrogens is 280 g/mol. The van der Waals surface area contributed by atoms with E-state index in [-0.39, 0.29) is 12.5 Å². The van der Waals surface area contributed by atoms with E-state index in [9.17, 15) is 14.7 Å². The van der Waals surface area contributed by atoms with Crippen molar-refractivity contribution in [2.24, 2.45) is 5.41 Å².